The van der Waals surface area contributed by atoms with Gasteiger partial charge in [-0.2, -0.15) is 13.2 Å². The second-order valence-electron chi connectivity index (χ2n) is 18.5. The molecule has 5 aromatic rings. The van der Waals surface area contributed by atoms with Gasteiger partial charge in [-0.1, -0.05) is 30.3 Å². The summed E-state index contributed by atoms with van der Waals surface area (Å²) in [6.45, 7) is 7.39. The Kier molecular flexibility index (Phi) is 13.6. The number of anilines is 2. The Morgan fingerprint density at radius 2 is 1.54 bits per heavy atom. The number of esters is 1. The van der Waals surface area contributed by atoms with E-state index >= 15 is 26.7 Å². The summed E-state index contributed by atoms with van der Waals surface area (Å²) in [4.78, 5) is 54.8. The molecule has 3 aromatic carbocycles. The highest BCUT2D eigenvalue weighted by molar-refractivity contribution is 6.04. The molecular formula is C51H53F5N6O8. The Morgan fingerprint density at radius 1 is 0.914 bits per heavy atom. The molecule has 2 bridgehead atoms. The summed E-state index contributed by atoms with van der Waals surface area (Å²) in [6, 6.07) is 15.7. The van der Waals surface area contributed by atoms with Crippen LogP contribution in [0.25, 0.3) is 11.3 Å². The van der Waals surface area contributed by atoms with Gasteiger partial charge < -0.3 is 38.8 Å². The minimum Gasteiger partial charge on any atom is -0.497 e. The SMILES string of the molecule is COC(=O)c1ncccc1CNc1c(F)c(-c2cc(N(Cc3ccc(OC)cc3)Cc3ccc(OC)cc3)c(F)c(C)c2C(F)(F)F)nc2c1C(=O)N1C[C@H]3CC[C@@H]([C@H]1[C@H](C)O2)N3C(=O)OC(C)(C)C. The van der Waals surface area contributed by atoms with Gasteiger partial charge in [0.1, 0.15) is 40.3 Å². The number of carbonyl (C=O) groups is 3. The predicted molar refractivity (Wildman–Crippen MR) is 248 cm³/mol. The number of rotatable bonds is 12. The van der Waals surface area contributed by atoms with Crippen LogP contribution >= 0.6 is 0 Å². The van der Waals surface area contributed by atoms with E-state index in [4.69, 9.17) is 23.7 Å². The number of aromatic nitrogens is 2. The molecule has 0 unspecified atom stereocenters. The van der Waals surface area contributed by atoms with Gasteiger partial charge in [0.2, 0.25) is 5.88 Å². The van der Waals surface area contributed by atoms with Gasteiger partial charge in [0, 0.05) is 43.5 Å². The van der Waals surface area contributed by atoms with E-state index in [1.54, 1.807) is 81.1 Å². The van der Waals surface area contributed by atoms with E-state index in [1.165, 1.54) is 42.3 Å². The van der Waals surface area contributed by atoms with Crippen LogP contribution < -0.4 is 24.4 Å². The lowest BCUT2D eigenvalue weighted by Gasteiger charge is -2.47. The summed E-state index contributed by atoms with van der Waals surface area (Å²) in [6.07, 6.45) is -4.46. The number of pyridine rings is 2. The minimum absolute atomic E-state index is 0.00124. The van der Waals surface area contributed by atoms with E-state index < -0.39 is 105 Å². The summed E-state index contributed by atoms with van der Waals surface area (Å²) < 4.78 is 110. The van der Waals surface area contributed by atoms with Crippen molar-refractivity contribution in [3.8, 4) is 28.6 Å². The van der Waals surface area contributed by atoms with Gasteiger partial charge in [0.05, 0.1) is 56.4 Å². The largest absolute Gasteiger partial charge is 0.497 e. The van der Waals surface area contributed by atoms with Crippen LogP contribution in [0.5, 0.6) is 17.4 Å². The molecule has 0 saturated carbocycles. The third kappa shape index (κ3) is 9.57. The lowest BCUT2D eigenvalue weighted by molar-refractivity contribution is -0.137. The molecule has 2 aromatic heterocycles. The Labute approximate surface area is 401 Å². The van der Waals surface area contributed by atoms with Crippen molar-refractivity contribution in [1.29, 1.82) is 0 Å². The number of piperazine rings is 1. The zero-order chi connectivity index (χ0) is 50.4. The van der Waals surface area contributed by atoms with Gasteiger partial charge in [0.25, 0.3) is 5.91 Å². The highest BCUT2D eigenvalue weighted by atomic mass is 19.4. The van der Waals surface area contributed by atoms with Crippen molar-refractivity contribution in [2.24, 2.45) is 0 Å². The third-order valence-electron chi connectivity index (χ3n) is 12.8. The molecule has 2 fully saturated rings. The second-order valence-corrected chi connectivity index (χ2v) is 18.5. The van der Waals surface area contributed by atoms with Crippen molar-refractivity contribution in [3.63, 3.8) is 0 Å². The standard InChI is InChI=1S/C51H53F5N6O8/c1-27-39(51(54,55)56)35(22-37(40(27)52)60(24-29-11-16-33(66-6)17-12-29)25-30-13-18-34(67-7)19-14-30)43-41(53)44(58-23-31-10-9-21-57-42(31)48(64)68-8)38-46(59-43)69-28(2)45-36-20-15-32(26-61(45)47(38)63)62(36)49(65)70-50(3,4)5/h9-14,16-19,21-22,28,32,36,45H,15,20,23-26H2,1-8H3,(H,58,59)/t28-,32+,36-,45+/m0/s1. The molecular weight excluding hydrogens is 920 g/mol. The first-order chi connectivity index (χ1) is 33.2. The summed E-state index contributed by atoms with van der Waals surface area (Å²) in [7, 11) is 4.15. The first-order valence-electron chi connectivity index (χ1n) is 22.6. The Bertz CT molecular complexity index is 2750. The van der Waals surface area contributed by atoms with E-state index in [2.05, 4.69) is 15.3 Å². The zero-order valence-electron chi connectivity index (χ0n) is 39.9. The molecule has 2 saturated heterocycles. The third-order valence-corrected chi connectivity index (χ3v) is 12.8. The van der Waals surface area contributed by atoms with E-state index in [9.17, 15) is 9.59 Å². The number of alkyl halides is 3. The fourth-order valence-electron chi connectivity index (χ4n) is 9.66. The van der Waals surface area contributed by atoms with Crippen LogP contribution in [0, 0.1) is 18.6 Å². The number of carbonyl (C=O) groups excluding carboxylic acids is 3. The number of nitrogens with one attached hydrogen (secondary N) is 1. The van der Waals surface area contributed by atoms with Crippen LogP contribution in [0.2, 0.25) is 0 Å². The summed E-state index contributed by atoms with van der Waals surface area (Å²) in [5, 5.41) is 2.89. The van der Waals surface area contributed by atoms with Crippen molar-refractivity contribution in [2.45, 2.75) is 103 Å². The number of hydrogen-bond donors (Lipinski definition) is 1. The number of hydrogen-bond acceptors (Lipinski definition) is 12. The number of amides is 2. The maximum atomic E-state index is 18.0. The van der Waals surface area contributed by atoms with Gasteiger partial charge >= 0.3 is 18.2 Å². The monoisotopic (exact) mass is 972 g/mol. The van der Waals surface area contributed by atoms with Crippen molar-refractivity contribution >= 4 is 29.3 Å². The minimum atomic E-state index is -5.26. The number of fused-ring (bicyclic) bond motifs is 5. The molecule has 0 aliphatic carbocycles. The number of ether oxygens (including phenoxy) is 5. The Balaban J connectivity index is 1.32. The highest BCUT2D eigenvalue weighted by Crippen LogP contribution is 2.48. The maximum absolute atomic E-state index is 18.0. The normalized spacial score (nSPS) is 18.6. The molecule has 3 aliphatic rings. The first-order valence-corrected chi connectivity index (χ1v) is 22.6. The molecule has 0 radical (unpaired) electrons. The molecule has 19 heteroatoms. The number of methoxy groups -OCH3 is 3. The van der Waals surface area contributed by atoms with Crippen LogP contribution in [0.1, 0.15) is 89.2 Å². The zero-order valence-corrected chi connectivity index (χ0v) is 39.9. The molecule has 5 heterocycles. The molecule has 4 atom stereocenters. The van der Waals surface area contributed by atoms with Crippen LogP contribution in [0.4, 0.5) is 38.1 Å². The van der Waals surface area contributed by atoms with E-state index in [0.717, 1.165) is 20.1 Å². The molecule has 8 rings (SSSR count). The average molecular weight is 973 g/mol. The smallest absolute Gasteiger partial charge is 0.417 e. The molecule has 0 spiro atoms. The van der Waals surface area contributed by atoms with Gasteiger partial charge in [-0.05, 0) is 101 Å². The van der Waals surface area contributed by atoms with Gasteiger partial charge in [-0.25, -0.2) is 28.3 Å². The van der Waals surface area contributed by atoms with Gasteiger partial charge in [-0.15, -0.1) is 0 Å². The Morgan fingerprint density at radius 3 is 2.11 bits per heavy atom. The first kappa shape index (κ1) is 49.2. The molecule has 70 heavy (non-hydrogen) atoms. The predicted octanol–water partition coefficient (Wildman–Crippen LogP) is 9.75. The lowest BCUT2D eigenvalue weighted by atomic mass is 9.94. The lowest BCUT2D eigenvalue weighted by Crippen LogP contribution is -2.65. The molecule has 1 N–H and O–H groups in total. The summed E-state index contributed by atoms with van der Waals surface area (Å²) in [5.74, 6) is -3.60. The van der Waals surface area contributed by atoms with Gasteiger partial charge in [-0.3, -0.25) is 9.69 Å². The van der Waals surface area contributed by atoms with Crippen molar-refractivity contribution in [1.82, 2.24) is 19.8 Å². The molecule has 14 nitrogen and oxygen atoms in total. The highest BCUT2D eigenvalue weighted by Gasteiger charge is 2.55. The maximum Gasteiger partial charge on any atom is 0.417 e. The van der Waals surface area contributed by atoms with Crippen molar-refractivity contribution in [2.75, 3.05) is 38.1 Å². The second kappa shape index (κ2) is 19.3. The van der Waals surface area contributed by atoms with E-state index in [1.807, 2.05) is 0 Å². The van der Waals surface area contributed by atoms with Crippen LogP contribution in [0.3, 0.4) is 0 Å². The number of nitrogens with zero attached hydrogens (tertiary/aromatic N) is 5. The topological polar surface area (TPSA) is 145 Å². The van der Waals surface area contributed by atoms with Crippen LogP contribution in [-0.4, -0.2) is 95.4 Å². The van der Waals surface area contributed by atoms with Crippen LogP contribution in [-0.2, 0) is 35.3 Å². The van der Waals surface area contributed by atoms with Gasteiger partial charge in [0.15, 0.2) is 11.5 Å². The fraction of sp³-hybridized carbons (Fsp3) is 0.392. The van der Waals surface area contributed by atoms with Crippen LogP contribution in [0.15, 0.2) is 72.9 Å². The molecule has 2 amide bonds. The quantitative estimate of drug-likeness (QED) is 0.0939. The summed E-state index contributed by atoms with van der Waals surface area (Å²) in [5.41, 5.74) is -4.90. The Hall–Kier alpha value is -7.18. The number of halogens is 5. The summed E-state index contributed by atoms with van der Waals surface area (Å²) >= 11 is 0. The van der Waals surface area contributed by atoms with E-state index in [0.29, 0.717) is 35.5 Å². The van der Waals surface area contributed by atoms with Crippen molar-refractivity contribution < 1.29 is 60.0 Å². The van der Waals surface area contributed by atoms with E-state index in [-0.39, 0.29) is 43.1 Å². The fourth-order valence-corrected chi connectivity index (χ4v) is 9.66. The number of benzene rings is 3. The average Bonchev–Trinajstić information content (AvgIpc) is 3.58. The molecule has 370 valence electrons. The van der Waals surface area contributed by atoms with Crippen molar-refractivity contribution in [3.05, 3.63) is 124 Å². The molecule has 3 aliphatic heterocycles.